The Morgan fingerprint density at radius 1 is 1.67 bits per heavy atom. The molecule has 0 radical (unpaired) electrons. The van der Waals surface area contributed by atoms with Gasteiger partial charge in [0.1, 0.15) is 0 Å². The topological polar surface area (TPSA) is 33.1 Å². The smallest absolute Gasteiger partial charge is 0.0514 e. The number of rotatable bonds is 4. The van der Waals surface area contributed by atoms with E-state index in [1.807, 2.05) is 0 Å². The molecular formula is C7H13NO. The molecule has 1 aliphatic rings. The third-order valence-corrected chi connectivity index (χ3v) is 1.65. The Kier molecular flexibility index (Phi) is 2.22. The van der Waals surface area contributed by atoms with Gasteiger partial charge >= 0.3 is 0 Å². The molecule has 1 fully saturated rings. The molecule has 0 amide bonds. The lowest BCUT2D eigenvalue weighted by Gasteiger charge is -1.98. The van der Waals surface area contributed by atoms with E-state index in [9.17, 15) is 0 Å². The van der Waals surface area contributed by atoms with Crippen molar-refractivity contribution < 1.29 is 4.74 Å². The van der Waals surface area contributed by atoms with Gasteiger partial charge in [0, 0.05) is 19.2 Å². The zero-order chi connectivity index (χ0) is 6.69. The van der Waals surface area contributed by atoms with Crippen LogP contribution in [0.4, 0.5) is 0 Å². The Balaban J connectivity index is 2.03. The fourth-order valence-corrected chi connectivity index (χ4v) is 0.848. The molecule has 0 spiro atoms. The minimum Gasteiger partial charge on any atom is -0.384 e. The predicted octanol–water partition coefficient (Wildman–Crippen LogP) is 1.45. The molecule has 0 aliphatic heterocycles. The van der Waals surface area contributed by atoms with Crippen LogP contribution in [-0.4, -0.2) is 19.4 Å². The van der Waals surface area contributed by atoms with Crippen LogP contribution in [0.15, 0.2) is 0 Å². The maximum atomic E-state index is 7.43. The lowest BCUT2D eigenvalue weighted by molar-refractivity contribution is 0.207. The monoisotopic (exact) mass is 127 g/mol. The van der Waals surface area contributed by atoms with E-state index in [4.69, 9.17) is 10.1 Å². The van der Waals surface area contributed by atoms with Gasteiger partial charge in [0.25, 0.3) is 0 Å². The second-order valence-corrected chi connectivity index (χ2v) is 2.54. The number of hydrogen-bond acceptors (Lipinski definition) is 2. The van der Waals surface area contributed by atoms with Crippen molar-refractivity contribution in [3.05, 3.63) is 0 Å². The highest BCUT2D eigenvalue weighted by Crippen LogP contribution is 2.30. The van der Waals surface area contributed by atoms with Crippen molar-refractivity contribution in [1.82, 2.24) is 0 Å². The zero-order valence-electron chi connectivity index (χ0n) is 5.81. The molecule has 1 saturated carbocycles. The van der Waals surface area contributed by atoms with E-state index in [-0.39, 0.29) is 0 Å². The lowest BCUT2D eigenvalue weighted by atomic mass is 10.2. The van der Waals surface area contributed by atoms with Crippen LogP contribution in [0, 0.1) is 11.3 Å². The van der Waals surface area contributed by atoms with Crippen molar-refractivity contribution in [1.29, 1.82) is 5.41 Å². The first kappa shape index (κ1) is 6.75. The van der Waals surface area contributed by atoms with Gasteiger partial charge in [-0.3, -0.25) is 0 Å². The Hall–Kier alpha value is -0.370. The average molecular weight is 127 g/mol. The fraction of sp³-hybridized carbons (Fsp3) is 0.857. The normalized spacial score (nSPS) is 17.9. The number of nitrogens with one attached hydrogen (secondary N) is 1. The molecule has 0 aromatic rings. The van der Waals surface area contributed by atoms with Gasteiger partial charge in [0.2, 0.25) is 0 Å². The van der Waals surface area contributed by atoms with Crippen LogP contribution in [0.2, 0.25) is 0 Å². The van der Waals surface area contributed by atoms with Crippen LogP contribution < -0.4 is 0 Å². The largest absolute Gasteiger partial charge is 0.384 e. The first-order valence-electron chi connectivity index (χ1n) is 3.41. The van der Waals surface area contributed by atoms with Gasteiger partial charge < -0.3 is 10.1 Å². The van der Waals surface area contributed by atoms with Gasteiger partial charge in [-0.2, -0.15) is 0 Å². The van der Waals surface area contributed by atoms with E-state index in [0.29, 0.717) is 5.92 Å². The maximum absolute atomic E-state index is 7.43. The van der Waals surface area contributed by atoms with Crippen LogP contribution in [0.1, 0.15) is 19.3 Å². The molecule has 2 heteroatoms. The molecule has 9 heavy (non-hydrogen) atoms. The molecule has 0 bridgehead atoms. The van der Waals surface area contributed by atoms with E-state index < -0.39 is 0 Å². The Labute approximate surface area is 55.7 Å². The summed E-state index contributed by atoms with van der Waals surface area (Å²) in [5, 5.41) is 7.43. The van der Waals surface area contributed by atoms with Crippen LogP contribution in [0.5, 0.6) is 0 Å². The maximum Gasteiger partial charge on any atom is 0.0514 e. The van der Waals surface area contributed by atoms with Gasteiger partial charge in [-0.15, -0.1) is 0 Å². The van der Waals surface area contributed by atoms with Gasteiger partial charge in [-0.05, 0) is 18.8 Å². The van der Waals surface area contributed by atoms with E-state index in [1.54, 1.807) is 7.11 Å². The predicted molar refractivity (Wildman–Crippen MR) is 36.9 cm³/mol. The van der Waals surface area contributed by atoms with Crippen molar-refractivity contribution >= 4 is 5.71 Å². The van der Waals surface area contributed by atoms with Crippen molar-refractivity contribution in [2.75, 3.05) is 13.7 Å². The quantitative estimate of drug-likeness (QED) is 0.570. The summed E-state index contributed by atoms with van der Waals surface area (Å²) >= 11 is 0. The third-order valence-electron chi connectivity index (χ3n) is 1.65. The molecule has 1 aliphatic carbocycles. The molecule has 1 N–H and O–H groups in total. The SMILES string of the molecule is COCCC(=N)C1CC1. The summed E-state index contributed by atoms with van der Waals surface area (Å²) in [4.78, 5) is 0. The highest BCUT2D eigenvalue weighted by atomic mass is 16.5. The van der Waals surface area contributed by atoms with E-state index in [0.717, 1.165) is 18.7 Å². The second kappa shape index (κ2) is 2.97. The minimum absolute atomic E-state index is 0.625. The number of ether oxygens (including phenoxy) is 1. The molecule has 2 nitrogen and oxygen atoms in total. The number of hydrogen-bond donors (Lipinski definition) is 1. The lowest BCUT2D eigenvalue weighted by Crippen LogP contribution is -2.02. The first-order chi connectivity index (χ1) is 4.34. The van der Waals surface area contributed by atoms with E-state index in [2.05, 4.69) is 0 Å². The molecule has 1 rings (SSSR count). The van der Waals surface area contributed by atoms with Crippen molar-refractivity contribution in [2.24, 2.45) is 5.92 Å². The summed E-state index contributed by atoms with van der Waals surface area (Å²) in [6.45, 7) is 0.718. The summed E-state index contributed by atoms with van der Waals surface area (Å²) in [5.41, 5.74) is 0.886. The van der Waals surface area contributed by atoms with Gasteiger partial charge in [-0.25, -0.2) is 0 Å². The summed E-state index contributed by atoms with van der Waals surface area (Å²) in [5.74, 6) is 0.625. The Morgan fingerprint density at radius 2 is 2.33 bits per heavy atom. The van der Waals surface area contributed by atoms with E-state index in [1.165, 1.54) is 12.8 Å². The second-order valence-electron chi connectivity index (χ2n) is 2.54. The van der Waals surface area contributed by atoms with Crippen LogP contribution in [0.3, 0.4) is 0 Å². The van der Waals surface area contributed by atoms with Crippen molar-refractivity contribution in [3.8, 4) is 0 Å². The molecular weight excluding hydrogens is 114 g/mol. The zero-order valence-corrected chi connectivity index (χ0v) is 5.81. The molecule has 0 aromatic carbocycles. The summed E-state index contributed by atoms with van der Waals surface area (Å²) < 4.78 is 4.85. The Bertz CT molecular complexity index is 107. The molecule has 0 saturated heterocycles. The summed E-state index contributed by atoms with van der Waals surface area (Å²) in [7, 11) is 1.68. The molecule has 0 unspecified atom stereocenters. The first-order valence-corrected chi connectivity index (χ1v) is 3.41. The van der Waals surface area contributed by atoms with Gasteiger partial charge in [-0.1, -0.05) is 0 Å². The number of methoxy groups -OCH3 is 1. The standard InChI is InChI=1S/C7H13NO/c1-9-5-4-7(8)6-2-3-6/h6,8H,2-5H2,1H3. The minimum atomic E-state index is 0.625. The summed E-state index contributed by atoms with van der Waals surface area (Å²) in [6, 6.07) is 0. The van der Waals surface area contributed by atoms with Crippen molar-refractivity contribution in [2.45, 2.75) is 19.3 Å². The highest BCUT2D eigenvalue weighted by molar-refractivity contribution is 5.85. The molecule has 0 aromatic heterocycles. The Morgan fingerprint density at radius 3 is 2.78 bits per heavy atom. The molecule has 0 heterocycles. The fourth-order valence-electron chi connectivity index (χ4n) is 0.848. The average Bonchev–Trinajstić information content (AvgIpc) is 2.63. The summed E-state index contributed by atoms with van der Waals surface area (Å²) in [6.07, 6.45) is 3.31. The van der Waals surface area contributed by atoms with Crippen LogP contribution in [0.25, 0.3) is 0 Å². The van der Waals surface area contributed by atoms with Gasteiger partial charge in [0.15, 0.2) is 0 Å². The van der Waals surface area contributed by atoms with Gasteiger partial charge in [0.05, 0.1) is 6.61 Å². The van der Waals surface area contributed by atoms with Crippen molar-refractivity contribution in [3.63, 3.8) is 0 Å². The van der Waals surface area contributed by atoms with Crippen LogP contribution in [-0.2, 0) is 4.74 Å². The van der Waals surface area contributed by atoms with Crippen LogP contribution >= 0.6 is 0 Å². The molecule has 0 atom stereocenters. The third kappa shape index (κ3) is 2.14. The molecule has 52 valence electrons. The van der Waals surface area contributed by atoms with E-state index >= 15 is 0 Å². The highest BCUT2D eigenvalue weighted by Gasteiger charge is 2.25.